The molecule has 0 fully saturated rings. The van der Waals surface area contributed by atoms with Crippen LogP contribution in [0.15, 0.2) is 0 Å². The molecule has 0 saturated carbocycles. The smallest absolute Gasteiger partial charge is 0.377 e. The Hall–Kier alpha value is 0.314. The van der Waals surface area contributed by atoms with Crippen molar-refractivity contribution in [3.8, 4) is 0 Å². The number of hydrogen-bond donors (Lipinski definition) is 0. The standard InChI is InChI=1S/C6H18O3Si2/c1-7-11(8-2,9-3)6-5-10-4/h5-6,10H2,1-4H3. The van der Waals surface area contributed by atoms with E-state index in [1.54, 1.807) is 21.3 Å². The van der Waals surface area contributed by atoms with Crippen molar-refractivity contribution in [2.24, 2.45) is 0 Å². The summed E-state index contributed by atoms with van der Waals surface area (Å²) in [6.45, 7) is 2.28. The van der Waals surface area contributed by atoms with E-state index >= 15 is 0 Å². The average molecular weight is 194 g/mol. The summed E-state index contributed by atoms with van der Waals surface area (Å²) >= 11 is 0. The van der Waals surface area contributed by atoms with E-state index in [0.717, 1.165) is 6.04 Å². The van der Waals surface area contributed by atoms with Crippen LogP contribution in [0.2, 0.25) is 18.6 Å². The van der Waals surface area contributed by atoms with Gasteiger partial charge in [0.05, 0.1) is 0 Å². The second-order valence-corrected chi connectivity index (χ2v) is 7.20. The first-order valence-electron chi connectivity index (χ1n) is 3.90. The fourth-order valence-corrected chi connectivity index (χ4v) is 5.21. The highest BCUT2D eigenvalue weighted by atomic mass is 28.4. The molecule has 0 aliphatic carbocycles. The lowest BCUT2D eigenvalue weighted by molar-refractivity contribution is 0.125. The Morgan fingerprint density at radius 2 is 1.55 bits per heavy atom. The van der Waals surface area contributed by atoms with Gasteiger partial charge >= 0.3 is 8.80 Å². The van der Waals surface area contributed by atoms with E-state index in [9.17, 15) is 0 Å². The van der Waals surface area contributed by atoms with Gasteiger partial charge in [-0.05, 0) is 0 Å². The molecule has 0 bridgehead atoms. The van der Waals surface area contributed by atoms with Gasteiger partial charge in [0.2, 0.25) is 0 Å². The van der Waals surface area contributed by atoms with Gasteiger partial charge in [-0.15, -0.1) is 0 Å². The van der Waals surface area contributed by atoms with Crippen LogP contribution in [0.4, 0.5) is 0 Å². The van der Waals surface area contributed by atoms with E-state index in [1.165, 1.54) is 6.04 Å². The third kappa shape index (κ3) is 3.48. The van der Waals surface area contributed by atoms with Crippen LogP contribution >= 0.6 is 0 Å². The highest BCUT2D eigenvalue weighted by molar-refractivity contribution is 6.61. The Balaban J connectivity index is 3.84. The average Bonchev–Trinajstić information content (AvgIpc) is 2.08. The molecule has 0 aromatic carbocycles. The Morgan fingerprint density at radius 1 is 1.09 bits per heavy atom. The maximum Gasteiger partial charge on any atom is 0.499 e. The van der Waals surface area contributed by atoms with Crippen molar-refractivity contribution < 1.29 is 13.3 Å². The van der Waals surface area contributed by atoms with Gasteiger partial charge in [0.1, 0.15) is 0 Å². The molecular formula is C6H18O3Si2. The summed E-state index contributed by atoms with van der Waals surface area (Å²) in [6, 6.07) is 2.21. The lowest BCUT2D eigenvalue weighted by atomic mass is 10.9. The van der Waals surface area contributed by atoms with Gasteiger partial charge in [0.25, 0.3) is 0 Å². The van der Waals surface area contributed by atoms with E-state index in [1.807, 2.05) is 0 Å². The van der Waals surface area contributed by atoms with Crippen LogP contribution in [-0.2, 0) is 13.3 Å². The molecule has 0 N–H and O–H groups in total. The SMILES string of the molecule is CO[Si](CC[SiH2]C)(OC)OC. The molecule has 0 aliphatic rings. The summed E-state index contributed by atoms with van der Waals surface area (Å²) in [7, 11) is 2.89. The Morgan fingerprint density at radius 3 is 1.82 bits per heavy atom. The van der Waals surface area contributed by atoms with Crippen molar-refractivity contribution in [2.45, 2.75) is 18.6 Å². The molecule has 0 amide bonds. The van der Waals surface area contributed by atoms with E-state index in [0.29, 0.717) is 0 Å². The molecule has 68 valence electrons. The molecule has 0 aromatic heterocycles. The fourth-order valence-electron chi connectivity index (χ4n) is 0.949. The first-order chi connectivity index (χ1) is 5.24. The molecule has 0 rings (SSSR count). The minimum atomic E-state index is -2.20. The molecule has 0 unspecified atom stereocenters. The second kappa shape index (κ2) is 5.90. The largest absolute Gasteiger partial charge is 0.499 e. The van der Waals surface area contributed by atoms with Crippen LogP contribution in [0.3, 0.4) is 0 Å². The van der Waals surface area contributed by atoms with Crippen molar-refractivity contribution in [1.82, 2.24) is 0 Å². The van der Waals surface area contributed by atoms with Gasteiger partial charge in [-0.1, -0.05) is 12.6 Å². The van der Waals surface area contributed by atoms with Gasteiger partial charge < -0.3 is 13.3 Å². The monoisotopic (exact) mass is 194 g/mol. The molecule has 11 heavy (non-hydrogen) atoms. The minimum absolute atomic E-state index is 0.101. The van der Waals surface area contributed by atoms with Crippen molar-refractivity contribution in [3.05, 3.63) is 0 Å². The molecular weight excluding hydrogens is 176 g/mol. The lowest BCUT2D eigenvalue weighted by Gasteiger charge is -2.23. The van der Waals surface area contributed by atoms with E-state index in [4.69, 9.17) is 13.3 Å². The topological polar surface area (TPSA) is 27.7 Å². The third-order valence-corrected chi connectivity index (χ3v) is 6.37. The first kappa shape index (κ1) is 11.3. The van der Waals surface area contributed by atoms with Crippen molar-refractivity contribution in [3.63, 3.8) is 0 Å². The minimum Gasteiger partial charge on any atom is -0.377 e. The summed E-state index contributed by atoms with van der Waals surface area (Å²) in [5.74, 6) is 0. The highest BCUT2D eigenvalue weighted by Crippen LogP contribution is 2.14. The Bertz CT molecular complexity index is 87.6. The van der Waals surface area contributed by atoms with Crippen LogP contribution in [-0.4, -0.2) is 39.7 Å². The van der Waals surface area contributed by atoms with E-state index in [-0.39, 0.29) is 9.52 Å². The van der Waals surface area contributed by atoms with Crippen molar-refractivity contribution >= 4 is 18.3 Å². The van der Waals surface area contributed by atoms with Crippen LogP contribution in [0, 0.1) is 0 Å². The molecule has 5 heteroatoms. The zero-order valence-electron chi connectivity index (χ0n) is 7.85. The Labute approximate surface area is 72.2 Å². The van der Waals surface area contributed by atoms with Crippen molar-refractivity contribution in [1.29, 1.82) is 0 Å². The predicted octanol–water partition coefficient (Wildman–Crippen LogP) is 0.500. The molecule has 0 spiro atoms. The van der Waals surface area contributed by atoms with E-state index in [2.05, 4.69) is 6.55 Å². The number of hydrogen-bond acceptors (Lipinski definition) is 3. The van der Waals surface area contributed by atoms with Crippen LogP contribution in [0.5, 0.6) is 0 Å². The van der Waals surface area contributed by atoms with Crippen LogP contribution < -0.4 is 0 Å². The maximum absolute atomic E-state index is 5.26. The molecule has 0 radical (unpaired) electrons. The molecule has 0 saturated heterocycles. The van der Waals surface area contributed by atoms with Crippen LogP contribution in [0.25, 0.3) is 0 Å². The molecule has 3 nitrogen and oxygen atoms in total. The quantitative estimate of drug-likeness (QED) is 0.576. The van der Waals surface area contributed by atoms with Crippen LogP contribution in [0.1, 0.15) is 0 Å². The summed E-state index contributed by atoms with van der Waals surface area (Å²) in [6.07, 6.45) is 0. The highest BCUT2D eigenvalue weighted by Gasteiger charge is 2.36. The van der Waals surface area contributed by atoms with Crippen molar-refractivity contribution in [2.75, 3.05) is 21.3 Å². The molecule has 0 heterocycles. The van der Waals surface area contributed by atoms with Gasteiger partial charge in [0.15, 0.2) is 0 Å². The third-order valence-electron chi connectivity index (χ3n) is 1.77. The summed E-state index contributed by atoms with van der Waals surface area (Å²) in [5.41, 5.74) is 0. The molecule has 0 atom stereocenters. The van der Waals surface area contributed by atoms with Gasteiger partial charge in [-0.2, -0.15) is 0 Å². The summed E-state index contributed by atoms with van der Waals surface area (Å²) in [5, 5.41) is 0. The van der Waals surface area contributed by atoms with E-state index < -0.39 is 8.80 Å². The zero-order valence-corrected chi connectivity index (χ0v) is 10.3. The number of rotatable bonds is 6. The summed E-state index contributed by atoms with van der Waals surface area (Å²) in [4.78, 5) is 0. The fraction of sp³-hybridized carbons (Fsp3) is 1.00. The van der Waals surface area contributed by atoms with Gasteiger partial charge in [-0.25, -0.2) is 0 Å². The normalized spacial score (nSPS) is 13.1. The zero-order chi connectivity index (χ0) is 8.74. The maximum atomic E-state index is 5.26. The van der Waals surface area contributed by atoms with Gasteiger partial charge in [0, 0.05) is 36.9 Å². The Kier molecular flexibility index (Phi) is 6.07. The summed E-state index contributed by atoms with van der Waals surface area (Å²) < 4.78 is 15.8. The van der Waals surface area contributed by atoms with Gasteiger partial charge in [-0.3, -0.25) is 0 Å². The second-order valence-electron chi connectivity index (χ2n) is 2.40. The first-order valence-corrected chi connectivity index (χ1v) is 8.24. The predicted molar refractivity (Wildman–Crippen MR) is 50.8 cm³/mol. The lowest BCUT2D eigenvalue weighted by Crippen LogP contribution is -2.42. The molecule has 0 aliphatic heterocycles. The molecule has 0 aromatic rings.